The molecule has 0 aromatic carbocycles. The molecule has 0 aliphatic heterocycles. The van der Waals surface area contributed by atoms with Crippen LogP contribution in [0.15, 0.2) is 23.4 Å². The Balaban J connectivity index is 2.62. The van der Waals surface area contributed by atoms with Crippen LogP contribution in [0.1, 0.15) is 23.8 Å². The van der Waals surface area contributed by atoms with E-state index in [1.807, 2.05) is 35.7 Å². The molecule has 0 bridgehead atoms. The first-order chi connectivity index (χ1) is 8.67. The summed E-state index contributed by atoms with van der Waals surface area (Å²) in [5.41, 5.74) is 1.15. The molecule has 0 amide bonds. The maximum absolute atomic E-state index is 11.9. The molecule has 2 aromatic rings. The predicted molar refractivity (Wildman–Crippen MR) is 78.9 cm³/mol. The van der Waals surface area contributed by atoms with Crippen LogP contribution >= 0.6 is 34.4 Å². The van der Waals surface area contributed by atoms with Gasteiger partial charge in [0.15, 0.2) is 5.78 Å². The third kappa shape index (κ3) is 2.52. The number of pyridine rings is 1. The van der Waals surface area contributed by atoms with Crippen molar-refractivity contribution < 1.29 is 4.79 Å². The molecule has 92 valence electrons. The number of halogens is 1. The zero-order chi connectivity index (χ0) is 13.1. The van der Waals surface area contributed by atoms with Gasteiger partial charge < -0.3 is 0 Å². The van der Waals surface area contributed by atoms with E-state index in [0.29, 0.717) is 5.69 Å². The van der Waals surface area contributed by atoms with Gasteiger partial charge in [0.05, 0.1) is 6.07 Å². The van der Waals surface area contributed by atoms with Crippen LogP contribution < -0.4 is 0 Å². The quantitative estimate of drug-likeness (QED) is 0.471. The van der Waals surface area contributed by atoms with Gasteiger partial charge in [0.25, 0.3) is 0 Å². The lowest BCUT2D eigenvalue weighted by Crippen LogP contribution is -2.00. The second kappa shape index (κ2) is 5.71. The standard InChI is InChI=1S/C12H10IN3OS/c1-2-18-12-11(9(17)5-6-14)15-10-4-3-8(13)7-16(10)12/h3-4,7H,2,5H2,1H3. The van der Waals surface area contributed by atoms with Crippen LogP contribution in [0.2, 0.25) is 0 Å². The molecule has 2 heterocycles. The molecule has 0 saturated heterocycles. The normalized spacial score (nSPS) is 10.5. The number of Topliss-reactive ketones (excluding diaryl/α,β-unsaturated/α-hetero) is 1. The van der Waals surface area contributed by atoms with Gasteiger partial charge in [-0.3, -0.25) is 9.20 Å². The van der Waals surface area contributed by atoms with Crippen LogP contribution in [0.25, 0.3) is 5.65 Å². The predicted octanol–water partition coefficient (Wildman–Crippen LogP) is 3.15. The minimum Gasteiger partial charge on any atom is -0.293 e. The summed E-state index contributed by atoms with van der Waals surface area (Å²) in [5, 5.41) is 9.45. The van der Waals surface area contributed by atoms with Gasteiger partial charge >= 0.3 is 0 Å². The van der Waals surface area contributed by atoms with Crippen molar-refractivity contribution in [2.24, 2.45) is 0 Å². The number of thioether (sulfide) groups is 1. The van der Waals surface area contributed by atoms with Gasteiger partial charge in [-0.25, -0.2) is 4.98 Å². The molecular formula is C12H10IN3OS. The molecule has 4 nitrogen and oxygen atoms in total. The van der Waals surface area contributed by atoms with Gasteiger partial charge in [0, 0.05) is 9.77 Å². The lowest BCUT2D eigenvalue weighted by molar-refractivity contribution is 0.0990. The summed E-state index contributed by atoms with van der Waals surface area (Å²) in [4.78, 5) is 16.2. The van der Waals surface area contributed by atoms with Crippen molar-refractivity contribution in [1.82, 2.24) is 9.38 Å². The number of carbonyl (C=O) groups is 1. The average Bonchev–Trinajstić information content (AvgIpc) is 2.69. The maximum atomic E-state index is 11.9. The molecule has 0 fully saturated rings. The van der Waals surface area contributed by atoms with Gasteiger partial charge in [-0.15, -0.1) is 11.8 Å². The molecule has 0 radical (unpaired) electrons. The number of aromatic nitrogens is 2. The van der Waals surface area contributed by atoms with E-state index in [-0.39, 0.29) is 12.2 Å². The van der Waals surface area contributed by atoms with E-state index in [0.717, 1.165) is 20.0 Å². The van der Waals surface area contributed by atoms with E-state index in [1.165, 1.54) is 0 Å². The zero-order valence-corrected chi connectivity index (χ0v) is 12.7. The monoisotopic (exact) mass is 371 g/mol. The van der Waals surface area contributed by atoms with E-state index in [2.05, 4.69) is 27.6 Å². The smallest absolute Gasteiger partial charge is 0.197 e. The van der Waals surface area contributed by atoms with Crippen molar-refractivity contribution >= 4 is 45.8 Å². The van der Waals surface area contributed by atoms with E-state index >= 15 is 0 Å². The Labute approximate surface area is 123 Å². The van der Waals surface area contributed by atoms with Crippen molar-refractivity contribution in [3.63, 3.8) is 0 Å². The van der Waals surface area contributed by atoms with Gasteiger partial charge in [0.1, 0.15) is 22.8 Å². The molecule has 0 aliphatic carbocycles. The molecule has 2 aromatic heterocycles. The molecule has 6 heteroatoms. The van der Waals surface area contributed by atoms with Crippen molar-refractivity contribution in [2.75, 3.05) is 5.75 Å². The summed E-state index contributed by atoms with van der Waals surface area (Å²) >= 11 is 3.79. The van der Waals surface area contributed by atoms with Crippen molar-refractivity contribution in [2.45, 2.75) is 18.4 Å². The zero-order valence-electron chi connectivity index (χ0n) is 9.68. The highest BCUT2D eigenvalue weighted by Gasteiger charge is 2.18. The van der Waals surface area contributed by atoms with Crippen LogP contribution in [0.4, 0.5) is 0 Å². The lowest BCUT2D eigenvalue weighted by Gasteiger charge is -2.01. The van der Waals surface area contributed by atoms with Gasteiger partial charge in [-0.2, -0.15) is 5.26 Å². The summed E-state index contributed by atoms with van der Waals surface area (Å²) in [6.07, 6.45) is 1.82. The number of nitrogens with zero attached hydrogens (tertiary/aromatic N) is 3. The molecule has 0 saturated carbocycles. The number of carbonyl (C=O) groups excluding carboxylic acids is 1. The average molecular weight is 371 g/mol. The Morgan fingerprint density at radius 2 is 2.39 bits per heavy atom. The van der Waals surface area contributed by atoms with Gasteiger partial charge in [-0.1, -0.05) is 6.92 Å². The van der Waals surface area contributed by atoms with Gasteiger partial charge in [0.2, 0.25) is 0 Å². The van der Waals surface area contributed by atoms with Crippen molar-refractivity contribution in [3.8, 4) is 6.07 Å². The minimum absolute atomic E-state index is 0.127. The summed E-state index contributed by atoms with van der Waals surface area (Å²) in [5.74, 6) is 0.638. The molecule has 0 unspecified atom stereocenters. The Kier molecular flexibility index (Phi) is 4.24. The summed E-state index contributed by atoms with van der Waals surface area (Å²) in [6.45, 7) is 2.02. The second-order valence-electron chi connectivity index (χ2n) is 3.53. The number of ketones is 1. The van der Waals surface area contributed by atoms with E-state index < -0.39 is 0 Å². The Bertz CT molecular complexity index is 645. The van der Waals surface area contributed by atoms with Gasteiger partial charge in [-0.05, 0) is 40.5 Å². The fourth-order valence-electron chi connectivity index (χ4n) is 1.61. The highest BCUT2D eigenvalue weighted by molar-refractivity contribution is 14.1. The number of nitriles is 1. The fraction of sp³-hybridized carbons (Fsp3) is 0.250. The SMILES string of the molecule is CCSc1c(C(=O)CC#N)nc2ccc(I)cn12. The Morgan fingerprint density at radius 3 is 3.06 bits per heavy atom. The van der Waals surface area contributed by atoms with E-state index in [9.17, 15) is 4.79 Å². The Morgan fingerprint density at radius 1 is 1.61 bits per heavy atom. The highest BCUT2D eigenvalue weighted by atomic mass is 127. The lowest BCUT2D eigenvalue weighted by atomic mass is 10.2. The largest absolute Gasteiger partial charge is 0.293 e. The fourth-order valence-corrected chi connectivity index (χ4v) is 2.92. The summed E-state index contributed by atoms with van der Waals surface area (Å²) in [6, 6.07) is 5.71. The van der Waals surface area contributed by atoms with E-state index in [4.69, 9.17) is 5.26 Å². The maximum Gasteiger partial charge on any atom is 0.197 e. The highest BCUT2D eigenvalue weighted by Crippen LogP contribution is 2.26. The van der Waals surface area contributed by atoms with E-state index in [1.54, 1.807) is 11.8 Å². The number of fused-ring (bicyclic) bond motifs is 1. The number of hydrogen-bond donors (Lipinski definition) is 0. The van der Waals surface area contributed by atoms with Crippen LogP contribution in [0.5, 0.6) is 0 Å². The molecule has 2 rings (SSSR count). The first kappa shape index (κ1) is 13.4. The number of imidazole rings is 1. The first-order valence-electron chi connectivity index (χ1n) is 5.38. The number of hydrogen-bond acceptors (Lipinski definition) is 4. The van der Waals surface area contributed by atoms with Crippen LogP contribution in [0, 0.1) is 14.9 Å². The molecule has 0 atom stereocenters. The topological polar surface area (TPSA) is 58.2 Å². The third-order valence-electron chi connectivity index (χ3n) is 2.32. The van der Waals surface area contributed by atoms with Crippen molar-refractivity contribution in [1.29, 1.82) is 5.26 Å². The molecule has 0 N–H and O–H groups in total. The van der Waals surface area contributed by atoms with Crippen LogP contribution in [0.3, 0.4) is 0 Å². The second-order valence-corrected chi connectivity index (χ2v) is 6.03. The molecule has 0 spiro atoms. The molecule has 0 aliphatic rings. The summed E-state index contributed by atoms with van der Waals surface area (Å²) < 4.78 is 3.00. The molecule has 18 heavy (non-hydrogen) atoms. The first-order valence-corrected chi connectivity index (χ1v) is 7.44. The molecular weight excluding hydrogens is 361 g/mol. The minimum atomic E-state index is -0.216. The summed E-state index contributed by atoms with van der Waals surface area (Å²) in [7, 11) is 0. The Hall–Kier alpha value is -1.07. The van der Waals surface area contributed by atoms with Crippen LogP contribution in [-0.2, 0) is 0 Å². The van der Waals surface area contributed by atoms with Crippen LogP contribution in [-0.4, -0.2) is 20.9 Å². The third-order valence-corrected chi connectivity index (χ3v) is 3.91. The number of rotatable bonds is 4. The van der Waals surface area contributed by atoms with Crippen molar-refractivity contribution in [3.05, 3.63) is 27.6 Å².